The molecule has 0 aliphatic carbocycles. The lowest BCUT2D eigenvalue weighted by Gasteiger charge is -2.40. The van der Waals surface area contributed by atoms with Crippen LogP contribution in [0.5, 0.6) is 0 Å². The van der Waals surface area contributed by atoms with E-state index in [1.165, 1.54) is 23.5 Å². The summed E-state index contributed by atoms with van der Waals surface area (Å²) in [5.41, 5.74) is 1.20. The number of hydrogen-bond donors (Lipinski definition) is 0. The molecule has 0 bridgehead atoms. The molecule has 1 aliphatic heterocycles. The number of carbonyl (C=O) groups excluding carboxylic acids is 2. The van der Waals surface area contributed by atoms with E-state index in [1.807, 2.05) is 0 Å². The van der Waals surface area contributed by atoms with Gasteiger partial charge in [0.25, 0.3) is 0 Å². The molecule has 0 N–H and O–H groups in total. The second kappa shape index (κ2) is 8.15. The molecular weight excluding hydrogens is 308 g/mol. The molecule has 1 aliphatic rings. The highest BCUT2D eigenvalue weighted by Gasteiger charge is 2.27. The van der Waals surface area contributed by atoms with Gasteiger partial charge >= 0.3 is 0 Å². The molecule has 0 unspecified atom stereocenters. The number of hydrogen-bond acceptors (Lipinski definition) is 4. The number of carbonyl (C=O) groups is 2. The van der Waals surface area contributed by atoms with E-state index >= 15 is 0 Å². The highest BCUT2D eigenvalue weighted by atomic mass is 32.3. The van der Waals surface area contributed by atoms with E-state index in [9.17, 15) is 9.59 Å². The molecule has 0 saturated heterocycles. The van der Waals surface area contributed by atoms with Gasteiger partial charge in [-0.25, -0.2) is 10.0 Å². The molecule has 0 atom stereocenters. The van der Waals surface area contributed by atoms with Gasteiger partial charge in [-0.3, -0.25) is 9.59 Å². The van der Waals surface area contributed by atoms with Crippen LogP contribution < -0.4 is 0 Å². The van der Waals surface area contributed by atoms with Crippen molar-refractivity contribution in [3.8, 4) is 0 Å². The van der Waals surface area contributed by atoms with Gasteiger partial charge in [-0.05, 0) is 42.9 Å². The van der Waals surface area contributed by atoms with Gasteiger partial charge in [0.1, 0.15) is 0 Å². The topological polar surface area (TPSA) is 34.1 Å². The van der Waals surface area contributed by atoms with Crippen LogP contribution in [0.3, 0.4) is 0 Å². The van der Waals surface area contributed by atoms with Crippen molar-refractivity contribution in [1.82, 2.24) is 0 Å². The van der Waals surface area contributed by atoms with Crippen LogP contribution in [0.15, 0.2) is 36.5 Å². The second-order valence-corrected chi connectivity index (χ2v) is 11.4. The third kappa shape index (κ3) is 5.54. The Balaban J connectivity index is 2.64. The molecule has 0 radical (unpaired) electrons. The monoisotopic (exact) mass is 330 g/mol. The third-order valence-electron chi connectivity index (χ3n) is 2.91. The van der Waals surface area contributed by atoms with Crippen molar-refractivity contribution < 1.29 is 9.59 Å². The Labute approximate surface area is 131 Å². The van der Waals surface area contributed by atoms with Crippen molar-refractivity contribution in [3.63, 3.8) is 0 Å². The van der Waals surface area contributed by atoms with E-state index in [2.05, 4.69) is 25.3 Å². The maximum atomic E-state index is 11.7. The molecule has 20 heavy (non-hydrogen) atoms. The van der Waals surface area contributed by atoms with Crippen LogP contribution in [0.2, 0.25) is 0 Å². The van der Waals surface area contributed by atoms with Crippen LogP contribution >= 0.6 is 33.6 Å². The molecule has 0 fully saturated rings. The van der Waals surface area contributed by atoms with E-state index in [-0.39, 0.29) is 10.2 Å². The Bertz CT molecular complexity index is 422. The zero-order valence-electron chi connectivity index (χ0n) is 12.1. The average molecular weight is 331 g/mol. The largest absolute Gasteiger partial charge is 0.282 e. The van der Waals surface area contributed by atoms with Crippen LogP contribution in [0.1, 0.15) is 20.3 Å². The van der Waals surface area contributed by atoms with Gasteiger partial charge in [0.05, 0.1) is 0 Å². The molecule has 0 saturated carbocycles. The molecule has 2 nitrogen and oxygen atoms in total. The molecule has 1 heterocycles. The smallest absolute Gasteiger partial charge is 0.215 e. The summed E-state index contributed by atoms with van der Waals surface area (Å²) in [6, 6.07) is 0. The maximum Gasteiger partial charge on any atom is 0.215 e. The summed E-state index contributed by atoms with van der Waals surface area (Å²) >= 11 is 2.74. The molecule has 0 amide bonds. The minimum Gasteiger partial charge on any atom is -0.282 e. The fraction of sp³-hybridized carbons (Fsp3) is 0.467. The molecule has 0 aromatic carbocycles. The number of rotatable bonds is 6. The van der Waals surface area contributed by atoms with Gasteiger partial charge in [0.2, 0.25) is 10.2 Å². The van der Waals surface area contributed by atoms with Crippen molar-refractivity contribution >= 4 is 43.8 Å². The predicted molar refractivity (Wildman–Crippen MR) is 95.6 cm³/mol. The van der Waals surface area contributed by atoms with Crippen molar-refractivity contribution in [2.75, 3.05) is 21.7 Å². The number of allylic oxidation sites excluding steroid dienone is 1. The van der Waals surface area contributed by atoms with E-state index in [0.717, 1.165) is 28.1 Å². The first-order valence-electron chi connectivity index (χ1n) is 6.41. The lowest BCUT2D eigenvalue weighted by molar-refractivity contribution is -0.108. The van der Waals surface area contributed by atoms with Gasteiger partial charge in [0, 0.05) is 10.2 Å². The van der Waals surface area contributed by atoms with Gasteiger partial charge < -0.3 is 0 Å². The van der Waals surface area contributed by atoms with Crippen LogP contribution in [0.25, 0.3) is 0 Å². The summed E-state index contributed by atoms with van der Waals surface area (Å²) in [7, 11) is -0.940. The van der Waals surface area contributed by atoms with Crippen LogP contribution in [-0.2, 0) is 9.59 Å². The summed E-state index contributed by atoms with van der Waals surface area (Å²) in [5.74, 6) is 2.12. The minimum absolute atomic E-state index is 0.0719. The van der Waals surface area contributed by atoms with Crippen LogP contribution in [-0.4, -0.2) is 31.9 Å². The van der Waals surface area contributed by atoms with Crippen molar-refractivity contribution in [1.29, 1.82) is 0 Å². The maximum absolute atomic E-state index is 11.7. The summed E-state index contributed by atoms with van der Waals surface area (Å²) in [6.45, 7) is 10.9. The van der Waals surface area contributed by atoms with E-state index in [1.54, 1.807) is 13.8 Å². The SMILES string of the molecule is C=C(C)C(=O)SCS1(CSC(=O)C(=C)C)CC=CCC1. The quantitative estimate of drug-likeness (QED) is 0.536. The highest BCUT2D eigenvalue weighted by molar-refractivity contribution is 8.47. The first-order chi connectivity index (χ1) is 9.36. The molecule has 1 rings (SSSR count). The highest BCUT2D eigenvalue weighted by Crippen LogP contribution is 2.55. The lowest BCUT2D eigenvalue weighted by Crippen LogP contribution is -2.18. The molecule has 0 aromatic rings. The molecule has 0 aromatic heterocycles. The average Bonchev–Trinajstić information content (AvgIpc) is 2.43. The summed E-state index contributed by atoms with van der Waals surface area (Å²) in [4.78, 5) is 23.5. The first-order valence-corrected chi connectivity index (χ1v) is 10.7. The third-order valence-corrected chi connectivity index (χ3v) is 11.1. The normalized spacial score (nSPS) is 18.3. The van der Waals surface area contributed by atoms with Gasteiger partial charge in [-0.1, -0.05) is 48.8 Å². The predicted octanol–water partition coefficient (Wildman–Crippen LogP) is 4.34. The van der Waals surface area contributed by atoms with Crippen molar-refractivity contribution in [2.24, 2.45) is 0 Å². The standard InChI is InChI=1S/C15H22O2S3/c1-12(2)14(16)18-10-20(8-6-5-7-9-20)11-19-15(17)13(3)4/h5-6H,1,3,7-11H2,2,4H3. The fourth-order valence-electron chi connectivity index (χ4n) is 1.64. The molecular formula is C15H22O2S3. The van der Waals surface area contributed by atoms with Gasteiger partial charge in [-0.2, -0.15) is 0 Å². The Morgan fingerprint density at radius 3 is 1.90 bits per heavy atom. The second-order valence-electron chi connectivity index (χ2n) is 5.02. The summed E-state index contributed by atoms with van der Waals surface area (Å²) in [5, 5.41) is 1.81. The van der Waals surface area contributed by atoms with Crippen LogP contribution in [0, 0.1) is 0 Å². The van der Waals surface area contributed by atoms with E-state index in [4.69, 9.17) is 0 Å². The van der Waals surface area contributed by atoms with Crippen LogP contribution in [0.4, 0.5) is 0 Å². The first kappa shape index (κ1) is 17.7. The summed E-state index contributed by atoms with van der Waals surface area (Å²) < 4.78 is 0. The van der Waals surface area contributed by atoms with E-state index < -0.39 is 10.0 Å². The van der Waals surface area contributed by atoms with Crippen molar-refractivity contribution in [2.45, 2.75) is 20.3 Å². The summed E-state index contributed by atoms with van der Waals surface area (Å²) in [6.07, 6.45) is 5.46. The Hall–Kier alpha value is -0.390. The molecule has 5 heteroatoms. The zero-order chi connectivity index (χ0) is 15.2. The fourth-order valence-corrected chi connectivity index (χ4v) is 8.94. The molecule has 0 spiro atoms. The Kier molecular flexibility index (Phi) is 7.20. The Morgan fingerprint density at radius 2 is 1.55 bits per heavy atom. The zero-order valence-corrected chi connectivity index (χ0v) is 14.6. The Morgan fingerprint density at radius 1 is 1.05 bits per heavy atom. The molecule has 112 valence electrons. The minimum atomic E-state index is -0.940. The number of thioether (sulfide) groups is 2. The van der Waals surface area contributed by atoms with E-state index in [0.29, 0.717) is 11.1 Å². The van der Waals surface area contributed by atoms with Gasteiger partial charge in [-0.15, -0.1) is 0 Å². The lowest BCUT2D eigenvalue weighted by atomic mass is 10.4. The van der Waals surface area contributed by atoms with Crippen molar-refractivity contribution in [3.05, 3.63) is 36.5 Å². The van der Waals surface area contributed by atoms with Gasteiger partial charge in [0.15, 0.2) is 0 Å².